The second kappa shape index (κ2) is 8.54. The minimum atomic E-state index is 0.569. The van der Waals surface area contributed by atoms with Crippen molar-refractivity contribution >= 4 is 17.4 Å². The predicted molar refractivity (Wildman–Crippen MR) is 109 cm³/mol. The summed E-state index contributed by atoms with van der Waals surface area (Å²) in [4.78, 5) is 15.8. The highest BCUT2D eigenvalue weighted by molar-refractivity contribution is 6.30. The molecule has 28 heavy (non-hydrogen) atoms. The molecule has 4 rings (SSSR count). The van der Waals surface area contributed by atoms with Crippen molar-refractivity contribution in [3.8, 4) is 17.0 Å². The number of hydrogen-bond acceptors (Lipinski definition) is 6. The van der Waals surface area contributed by atoms with E-state index < -0.39 is 0 Å². The molecule has 1 aliphatic heterocycles. The first-order valence-corrected chi connectivity index (χ1v) is 9.53. The number of pyridine rings is 1. The molecule has 0 unspecified atom stereocenters. The summed E-state index contributed by atoms with van der Waals surface area (Å²) in [6.45, 7) is 3.15. The van der Waals surface area contributed by atoms with Crippen LogP contribution in [0.5, 0.6) is 5.88 Å². The Kier molecular flexibility index (Phi) is 5.69. The monoisotopic (exact) mass is 396 g/mol. The van der Waals surface area contributed by atoms with Crippen LogP contribution in [0.15, 0.2) is 48.9 Å². The standard InChI is InChI=1S/C21H21ClN4O2/c1-27-21-19(16-3-2-4-17(22)11-16)10-15(12-25-21)9-18-13-24-20(14-23-18)26-5-7-28-8-6-26/h2-4,10-14H,5-9H2,1H3. The highest BCUT2D eigenvalue weighted by atomic mass is 35.5. The number of ether oxygens (including phenoxy) is 2. The summed E-state index contributed by atoms with van der Waals surface area (Å²) in [5.74, 6) is 1.46. The van der Waals surface area contributed by atoms with E-state index in [-0.39, 0.29) is 0 Å². The van der Waals surface area contributed by atoms with E-state index in [1.54, 1.807) is 7.11 Å². The number of hydrogen-bond donors (Lipinski definition) is 0. The van der Waals surface area contributed by atoms with E-state index in [4.69, 9.17) is 21.1 Å². The lowest BCUT2D eigenvalue weighted by Gasteiger charge is -2.27. The Bertz CT molecular complexity index is 943. The third-order valence-electron chi connectivity index (χ3n) is 4.65. The van der Waals surface area contributed by atoms with Gasteiger partial charge in [0.05, 0.1) is 38.4 Å². The van der Waals surface area contributed by atoms with Crippen LogP contribution in [-0.2, 0) is 11.2 Å². The first-order chi connectivity index (χ1) is 13.7. The Morgan fingerprint density at radius 1 is 1.07 bits per heavy atom. The second-order valence-electron chi connectivity index (χ2n) is 6.55. The molecular formula is C21H21ClN4O2. The molecule has 3 heterocycles. The van der Waals surface area contributed by atoms with Crippen LogP contribution < -0.4 is 9.64 Å². The molecule has 0 atom stereocenters. The van der Waals surface area contributed by atoms with Gasteiger partial charge in [0.15, 0.2) is 0 Å². The van der Waals surface area contributed by atoms with Crippen LogP contribution >= 0.6 is 11.6 Å². The predicted octanol–water partition coefficient (Wildman–Crippen LogP) is 3.63. The zero-order valence-electron chi connectivity index (χ0n) is 15.6. The van der Waals surface area contributed by atoms with Crippen molar-refractivity contribution in [2.24, 2.45) is 0 Å². The number of anilines is 1. The van der Waals surface area contributed by atoms with E-state index >= 15 is 0 Å². The zero-order chi connectivity index (χ0) is 19.3. The van der Waals surface area contributed by atoms with Gasteiger partial charge in [0.1, 0.15) is 5.82 Å². The van der Waals surface area contributed by atoms with Crippen molar-refractivity contribution in [3.63, 3.8) is 0 Å². The number of nitrogens with zero attached hydrogens (tertiary/aromatic N) is 4. The molecule has 3 aromatic rings. The lowest BCUT2D eigenvalue weighted by atomic mass is 10.0. The van der Waals surface area contributed by atoms with Gasteiger partial charge in [-0.3, -0.25) is 4.98 Å². The highest BCUT2D eigenvalue weighted by Crippen LogP contribution is 2.31. The van der Waals surface area contributed by atoms with Gasteiger partial charge in [-0.15, -0.1) is 0 Å². The van der Waals surface area contributed by atoms with E-state index in [1.807, 2.05) is 42.9 Å². The minimum Gasteiger partial charge on any atom is -0.481 e. The number of methoxy groups -OCH3 is 1. The fraction of sp³-hybridized carbons (Fsp3) is 0.286. The Morgan fingerprint density at radius 3 is 2.64 bits per heavy atom. The fourth-order valence-corrected chi connectivity index (χ4v) is 3.41. The van der Waals surface area contributed by atoms with Crippen LogP contribution in [0.1, 0.15) is 11.3 Å². The smallest absolute Gasteiger partial charge is 0.221 e. The lowest BCUT2D eigenvalue weighted by molar-refractivity contribution is 0.122. The van der Waals surface area contributed by atoms with Crippen LogP contribution in [0.4, 0.5) is 5.82 Å². The van der Waals surface area contributed by atoms with Gasteiger partial charge in [-0.1, -0.05) is 23.7 Å². The van der Waals surface area contributed by atoms with E-state index in [2.05, 4.69) is 25.9 Å². The van der Waals surface area contributed by atoms with Gasteiger partial charge in [0, 0.05) is 36.3 Å². The van der Waals surface area contributed by atoms with Crippen LogP contribution in [0, 0.1) is 0 Å². The molecule has 1 aliphatic rings. The van der Waals surface area contributed by atoms with E-state index in [0.29, 0.717) is 17.3 Å². The van der Waals surface area contributed by atoms with Gasteiger partial charge < -0.3 is 14.4 Å². The average molecular weight is 397 g/mol. The minimum absolute atomic E-state index is 0.569. The van der Waals surface area contributed by atoms with Crippen molar-refractivity contribution in [1.82, 2.24) is 15.0 Å². The number of aromatic nitrogens is 3. The summed E-state index contributed by atoms with van der Waals surface area (Å²) >= 11 is 6.15. The van der Waals surface area contributed by atoms with E-state index in [1.165, 1.54) is 0 Å². The van der Waals surface area contributed by atoms with Gasteiger partial charge in [0.2, 0.25) is 5.88 Å². The SMILES string of the molecule is COc1ncc(Cc2cnc(N3CCOCC3)cn2)cc1-c1cccc(Cl)c1. The number of morpholine rings is 1. The maximum absolute atomic E-state index is 6.15. The molecule has 0 spiro atoms. The highest BCUT2D eigenvalue weighted by Gasteiger charge is 2.13. The van der Waals surface area contributed by atoms with Gasteiger partial charge in [-0.05, 0) is 29.3 Å². The van der Waals surface area contributed by atoms with E-state index in [9.17, 15) is 0 Å². The Morgan fingerprint density at radius 2 is 1.93 bits per heavy atom. The molecule has 0 amide bonds. The van der Waals surface area contributed by atoms with Crippen LogP contribution in [-0.4, -0.2) is 48.4 Å². The maximum Gasteiger partial charge on any atom is 0.221 e. The topological polar surface area (TPSA) is 60.4 Å². The van der Waals surface area contributed by atoms with Gasteiger partial charge in [-0.25, -0.2) is 9.97 Å². The quantitative estimate of drug-likeness (QED) is 0.656. The number of benzene rings is 1. The molecule has 144 valence electrons. The fourth-order valence-electron chi connectivity index (χ4n) is 3.22. The van der Waals surface area contributed by atoms with Gasteiger partial charge in [-0.2, -0.15) is 0 Å². The molecule has 0 radical (unpaired) electrons. The number of halogens is 1. The van der Waals surface area contributed by atoms with Crippen molar-refractivity contribution in [2.45, 2.75) is 6.42 Å². The summed E-state index contributed by atoms with van der Waals surface area (Å²) < 4.78 is 10.8. The van der Waals surface area contributed by atoms with Gasteiger partial charge >= 0.3 is 0 Å². The third kappa shape index (κ3) is 4.24. The molecule has 0 aliphatic carbocycles. The summed E-state index contributed by atoms with van der Waals surface area (Å²) in [5.41, 5.74) is 3.79. The second-order valence-corrected chi connectivity index (χ2v) is 6.99. The Balaban J connectivity index is 1.55. The summed E-state index contributed by atoms with van der Waals surface area (Å²) in [5, 5.41) is 0.675. The molecule has 7 heteroatoms. The van der Waals surface area contributed by atoms with Crippen molar-refractivity contribution in [2.75, 3.05) is 38.3 Å². The lowest BCUT2D eigenvalue weighted by Crippen LogP contribution is -2.36. The summed E-state index contributed by atoms with van der Waals surface area (Å²) in [6.07, 6.45) is 6.11. The third-order valence-corrected chi connectivity index (χ3v) is 4.88. The molecule has 0 saturated carbocycles. The largest absolute Gasteiger partial charge is 0.481 e. The van der Waals surface area contributed by atoms with Crippen molar-refractivity contribution in [1.29, 1.82) is 0 Å². The Labute approximate surface area is 169 Å². The van der Waals surface area contributed by atoms with Gasteiger partial charge in [0.25, 0.3) is 0 Å². The molecular weight excluding hydrogens is 376 g/mol. The van der Waals surface area contributed by atoms with Crippen LogP contribution in [0.2, 0.25) is 5.02 Å². The molecule has 0 bridgehead atoms. The van der Waals surface area contributed by atoms with Crippen molar-refractivity contribution in [3.05, 3.63) is 65.2 Å². The normalized spacial score (nSPS) is 14.1. The molecule has 0 N–H and O–H groups in total. The first kappa shape index (κ1) is 18.7. The summed E-state index contributed by atoms with van der Waals surface area (Å²) in [7, 11) is 1.62. The van der Waals surface area contributed by atoms with Crippen LogP contribution in [0.3, 0.4) is 0 Å². The molecule has 1 fully saturated rings. The maximum atomic E-state index is 6.15. The average Bonchev–Trinajstić information content (AvgIpc) is 2.75. The molecule has 2 aromatic heterocycles. The molecule has 1 saturated heterocycles. The zero-order valence-corrected chi connectivity index (χ0v) is 16.4. The van der Waals surface area contributed by atoms with E-state index in [0.717, 1.165) is 54.5 Å². The number of rotatable bonds is 5. The molecule has 1 aromatic carbocycles. The Hall–Kier alpha value is -2.70. The summed E-state index contributed by atoms with van der Waals surface area (Å²) in [6, 6.07) is 9.73. The van der Waals surface area contributed by atoms with Crippen molar-refractivity contribution < 1.29 is 9.47 Å². The van der Waals surface area contributed by atoms with Crippen LogP contribution in [0.25, 0.3) is 11.1 Å². The first-order valence-electron chi connectivity index (χ1n) is 9.15. The molecule has 6 nitrogen and oxygen atoms in total.